The third-order valence-corrected chi connectivity index (χ3v) is 7.68. The molecule has 0 bridgehead atoms. The fraction of sp³-hybridized carbons (Fsp3) is 0.135. The highest BCUT2D eigenvalue weighted by atomic mass is 16.3. The summed E-state index contributed by atoms with van der Waals surface area (Å²) in [4.78, 5) is 9.85. The maximum atomic E-state index is 5.88. The second kappa shape index (κ2) is 9.46. The second-order valence-corrected chi connectivity index (χ2v) is 11.6. The number of benzene rings is 4. The largest absolute Gasteiger partial charge is 0.462 e. The van der Waals surface area contributed by atoms with Crippen molar-refractivity contribution in [2.45, 2.75) is 32.6 Å². The van der Waals surface area contributed by atoms with Gasteiger partial charge in [-0.2, -0.15) is 0 Å². The average Bonchev–Trinajstić information content (AvgIpc) is 3.45. The number of furan rings is 1. The number of pyridine rings is 2. The first-order valence-electron chi connectivity index (χ1n) is 13.8. The summed E-state index contributed by atoms with van der Waals surface area (Å²) in [5.74, 6) is 0. The third-order valence-electron chi connectivity index (χ3n) is 7.68. The molecule has 194 valence electrons. The molecule has 3 nitrogen and oxygen atoms in total. The number of hydrogen-bond donors (Lipinski definition) is 0. The molecular weight excluding hydrogens is 488 g/mol. The quantitative estimate of drug-likeness (QED) is 0.233. The lowest BCUT2D eigenvalue weighted by Gasteiger charge is -2.18. The second-order valence-electron chi connectivity index (χ2n) is 11.6. The number of hydrogen-bond acceptors (Lipinski definition) is 3. The number of rotatable bonds is 4. The van der Waals surface area contributed by atoms with Gasteiger partial charge in [-0.1, -0.05) is 87.5 Å². The summed E-state index contributed by atoms with van der Waals surface area (Å²) in [6.45, 7) is 6.55. The van der Waals surface area contributed by atoms with Crippen LogP contribution >= 0.6 is 0 Å². The van der Waals surface area contributed by atoms with Crippen LogP contribution in [-0.4, -0.2) is 9.97 Å². The molecule has 0 N–H and O–H groups in total. The lowest BCUT2D eigenvalue weighted by molar-refractivity contribution is 0.570. The van der Waals surface area contributed by atoms with Gasteiger partial charge in [0.1, 0.15) is 5.52 Å². The van der Waals surface area contributed by atoms with Crippen LogP contribution in [0.2, 0.25) is 0 Å². The zero-order chi connectivity index (χ0) is 27.3. The molecule has 0 aliphatic rings. The van der Waals surface area contributed by atoms with Crippen LogP contribution < -0.4 is 0 Å². The zero-order valence-corrected chi connectivity index (χ0v) is 23.0. The summed E-state index contributed by atoms with van der Waals surface area (Å²) >= 11 is 0. The van der Waals surface area contributed by atoms with Crippen molar-refractivity contribution < 1.29 is 4.42 Å². The van der Waals surface area contributed by atoms with Crippen LogP contribution in [0.4, 0.5) is 0 Å². The Morgan fingerprint density at radius 3 is 2.33 bits per heavy atom. The molecule has 0 aliphatic carbocycles. The molecule has 0 radical (unpaired) electrons. The predicted molar refractivity (Wildman–Crippen MR) is 166 cm³/mol. The molecule has 3 aromatic heterocycles. The molecule has 40 heavy (non-hydrogen) atoms. The molecule has 7 aromatic rings. The summed E-state index contributed by atoms with van der Waals surface area (Å²) in [6, 6.07) is 36.8. The van der Waals surface area contributed by atoms with E-state index in [1.807, 2.05) is 12.3 Å². The van der Waals surface area contributed by atoms with Gasteiger partial charge in [0.2, 0.25) is 0 Å². The Balaban J connectivity index is 1.24. The van der Waals surface area contributed by atoms with Crippen molar-refractivity contribution in [1.29, 1.82) is 0 Å². The van der Waals surface area contributed by atoms with E-state index in [-0.39, 0.29) is 5.41 Å². The normalized spacial score (nSPS) is 12.0. The van der Waals surface area contributed by atoms with Gasteiger partial charge in [0, 0.05) is 33.6 Å². The van der Waals surface area contributed by atoms with Gasteiger partial charge in [0.05, 0.1) is 12.0 Å². The third kappa shape index (κ3) is 4.44. The van der Waals surface area contributed by atoms with Crippen molar-refractivity contribution in [3.8, 4) is 22.4 Å². The highest BCUT2D eigenvalue weighted by Gasteiger charge is 2.19. The minimum atomic E-state index is -0.0513. The van der Waals surface area contributed by atoms with Gasteiger partial charge in [0.25, 0.3) is 0 Å². The molecule has 0 aliphatic heterocycles. The van der Waals surface area contributed by atoms with Crippen LogP contribution in [0.3, 0.4) is 0 Å². The molecule has 0 saturated carbocycles. The molecule has 0 atom stereocenters. The van der Waals surface area contributed by atoms with Gasteiger partial charge in [-0.15, -0.1) is 0 Å². The molecule has 4 aromatic carbocycles. The smallest absolute Gasteiger partial charge is 0.160 e. The minimum absolute atomic E-state index is 0.0513. The van der Waals surface area contributed by atoms with Crippen molar-refractivity contribution in [2.24, 2.45) is 0 Å². The van der Waals surface area contributed by atoms with Crippen molar-refractivity contribution in [1.82, 2.24) is 9.97 Å². The van der Waals surface area contributed by atoms with E-state index in [0.29, 0.717) is 0 Å². The highest BCUT2D eigenvalue weighted by Crippen LogP contribution is 2.36. The predicted octanol–water partition coefficient (Wildman–Crippen LogP) is 9.75. The molecule has 0 unspecified atom stereocenters. The summed E-state index contributed by atoms with van der Waals surface area (Å²) < 4.78 is 5.88. The van der Waals surface area contributed by atoms with Crippen LogP contribution in [0, 0.1) is 0 Å². The standard InChI is InChI=1S/C37H30N2O/c1-37(2,3)34-14-13-31-32(23-30-16-18-40-36(30)35(31)39-34)33-21-25(15-17-38-33)19-24-9-10-29-22-28(12-11-27(29)20-24)26-7-5-4-6-8-26/h4-18,20-23H,19H2,1-3H3. The first kappa shape index (κ1) is 24.3. The van der Waals surface area contributed by atoms with E-state index in [4.69, 9.17) is 14.4 Å². The van der Waals surface area contributed by atoms with Gasteiger partial charge in [0.15, 0.2) is 5.58 Å². The SMILES string of the molecule is CC(C)(C)c1ccc2c(-c3cc(Cc4ccc5cc(-c6ccccc6)ccc5c4)ccn3)cc3ccoc3c2n1. The molecular formula is C37H30N2O. The van der Waals surface area contributed by atoms with E-state index >= 15 is 0 Å². The number of aromatic nitrogens is 2. The molecule has 7 rings (SSSR count). The van der Waals surface area contributed by atoms with Gasteiger partial charge in [-0.3, -0.25) is 4.98 Å². The first-order chi connectivity index (χ1) is 19.4. The van der Waals surface area contributed by atoms with Crippen molar-refractivity contribution in [3.05, 3.63) is 132 Å². The molecule has 0 saturated heterocycles. The zero-order valence-electron chi connectivity index (χ0n) is 23.0. The van der Waals surface area contributed by atoms with Crippen molar-refractivity contribution in [2.75, 3.05) is 0 Å². The summed E-state index contributed by atoms with van der Waals surface area (Å²) in [5.41, 5.74) is 9.72. The topological polar surface area (TPSA) is 38.9 Å². The summed E-state index contributed by atoms with van der Waals surface area (Å²) in [5, 5.41) is 4.60. The van der Waals surface area contributed by atoms with Gasteiger partial charge < -0.3 is 4.42 Å². The van der Waals surface area contributed by atoms with E-state index in [2.05, 4.69) is 118 Å². The highest BCUT2D eigenvalue weighted by molar-refractivity contribution is 6.09. The Morgan fingerprint density at radius 1 is 0.675 bits per heavy atom. The first-order valence-corrected chi connectivity index (χ1v) is 13.8. The van der Waals surface area contributed by atoms with E-state index in [1.54, 1.807) is 6.26 Å². The Hall–Kier alpha value is -4.76. The number of fused-ring (bicyclic) bond motifs is 4. The van der Waals surface area contributed by atoms with Crippen molar-refractivity contribution in [3.63, 3.8) is 0 Å². The van der Waals surface area contributed by atoms with Crippen LogP contribution in [0.25, 0.3) is 55.0 Å². The van der Waals surface area contributed by atoms with Gasteiger partial charge >= 0.3 is 0 Å². The Labute approximate surface area is 234 Å². The molecule has 0 spiro atoms. The van der Waals surface area contributed by atoms with Crippen LogP contribution in [-0.2, 0) is 11.8 Å². The fourth-order valence-electron chi connectivity index (χ4n) is 5.52. The van der Waals surface area contributed by atoms with Crippen molar-refractivity contribution >= 4 is 32.6 Å². The van der Waals surface area contributed by atoms with Gasteiger partial charge in [-0.05, 0) is 75.8 Å². The summed E-state index contributed by atoms with van der Waals surface area (Å²) in [6.07, 6.45) is 4.50. The van der Waals surface area contributed by atoms with E-state index in [1.165, 1.54) is 33.0 Å². The lowest BCUT2D eigenvalue weighted by Crippen LogP contribution is -2.13. The van der Waals surface area contributed by atoms with E-state index < -0.39 is 0 Å². The Bertz CT molecular complexity index is 2010. The van der Waals surface area contributed by atoms with E-state index in [0.717, 1.165) is 45.2 Å². The van der Waals surface area contributed by atoms with Gasteiger partial charge in [-0.25, -0.2) is 4.98 Å². The minimum Gasteiger partial charge on any atom is -0.462 e. The lowest BCUT2D eigenvalue weighted by atomic mass is 9.90. The Morgan fingerprint density at radius 2 is 1.48 bits per heavy atom. The van der Waals surface area contributed by atoms with E-state index in [9.17, 15) is 0 Å². The Kier molecular flexibility index (Phi) is 5.74. The fourth-order valence-corrected chi connectivity index (χ4v) is 5.52. The maximum Gasteiger partial charge on any atom is 0.160 e. The monoisotopic (exact) mass is 518 g/mol. The van der Waals surface area contributed by atoms with Crippen LogP contribution in [0.5, 0.6) is 0 Å². The maximum absolute atomic E-state index is 5.88. The molecule has 3 heterocycles. The molecule has 3 heteroatoms. The molecule has 0 amide bonds. The number of nitrogens with zero attached hydrogens (tertiary/aromatic N) is 2. The average molecular weight is 519 g/mol. The van der Waals surface area contributed by atoms with Crippen LogP contribution in [0.15, 0.2) is 120 Å². The van der Waals surface area contributed by atoms with Crippen LogP contribution in [0.1, 0.15) is 37.6 Å². The summed E-state index contributed by atoms with van der Waals surface area (Å²) in [7, 11) is 0. The molecule has 0 fully saturated rings.